The van der Waals surface area contributed by atoms with Gasteiger partial charge >= 0.3 is 0 Å². The molecule has 0 aliphatic carbocycles. The van der Waals surface area contributed by atoms with Crippen molar-refractivity contribution in [1.29, 1.82) is 0 Å². The van der Waals surface area contributed by atoms with Crippen molar-refractivity contribution in [2.24, 2.45) is 5.73 Å². The van der Waals surface area contributed by atoms with Gasteiger partial charge in [-0.15, -0.1) is 0 Å². The van der Waals surface area contributed by atoms with E-state index in [1.807, 2.05) is 0 Å². The second kappa shape index (κ2) is 3.90. The van der Waals surface area contributed by atoms with Gasteiger partial charge in [-0.1, -0.05) is 24.3 Å². The highest BCUT2D eigenvalue weighted by molar-refractivity contribution is 5.33. The van der Waals surface area contributed by atoms with E-state index in [9.17, 15) is 0 Å². The molecule has 0 fully saturated rings. The van der Waals surface area contributed by atoms with Gasteiger partial charge in [0.2, 0.25) is 0 Å². The van der Waals surface area contributed by atoms with Gasteiger partial charge < -0.3 is 11.1 Å². The fourth-order valence-electron chi connectivity index (χ4n) is 1.96. The quantitative estimate of drug-likeness (QED) is 0.733. The lowest BCUT2D eigenvalue weighted by Crippen LogP contribution is -2.13. The van der Waals surface area contributed by atoms with E-state index in [0.29, 0.717) is 6.04 Å². The maximum absolute atomic E-state index is 5.50. The Hall–Kier alpha value is -0.860. The fourth-order valence-corrected chi connectivity index (χ4v) is 1.96. The van der Waals surface area contributed by atoms with Gasteiger partial charge in [-0.25, -0.2) is 0 Å². The number of rotatable bonds is 3. The number of hydrogen-bond acceptors (Lipinski definition) is 2. The number of fused-ring (bicyclic) bond motifs is 1. The van der Waals surface area contributed by atoms with E-state index in [-0.39, 0.29) is 0 Å². The molecular weight excluding hydrogens is 160 g/mol. The second-order valence-corrected chi connectivity index (χ2v) is 3.56. The number of benzene rings is 1. The fraction of sp³-hybridized carbons (Fsp3) is 0.455. The van der Waals surface area contributed by atoms with Crippen LogP contribution in [0.4, 0.5) is 0 Å². The Morgan fingerprint density at radius 1 is 1.38 bits per heavy atom. The summed E-state index contributed by atoms with van der Waals surface area (Å²) in [5, 5.41) is 3.50. The van der Waals surface area contributed by atoms with Crippen molar-refractivity contribution < 1.29 is 0 Å². The van der Waals surface area contributed by atoms with E-state index in [4.69, 9.17) is 5.73 Å². The van der Waals surface area contributed by atoms with Crippen molar-refractivity contribution in [1.82, 2.24) is 5.32 Å². The molecule has 2 heteroatoms. The molecule has 1 aromatic carbocycles. The summed E-state index contributed by atoms with van der Waals surface area (Å²) in [7, 11) is 0. The summed E-state index contributed by atoms with van der Waals surface area (Å²) in [6.07, 6.45) is 2.26. The van der Waals surface area contributed by atoms with Crippen LogP contribution in [0.3, 0.4) is 0 Å². The molecule has 0 saturated heterocycles. The van der Waals surface area contributed by atoms with Crippen LogP contribution in [-0.2, 0) is 6.54 Å². The Bertz CT molecular complexity index is 283. The lowest BCUT2D eigenvalue weighted by atomic mass is 10.0. The zero-order chi connectivity index (χ0) is 9.10. The molecule has 0 spiro atoms. The predicted octanol–water partition coefficient (Wildman–Crippen LogP) is 1.57. The highest BCUT2D eigenvalue weighted by Crippen LogP contribution is 2.27. The molecule has 0 saturated carbocycles. The lowest BCUT2D eigenvalue weighted by Gasteiger charge is -2.10. The molecule has 13 heavy (non-hydrogen) atoms. The summed E-state index contributed by atoms with van der Waals surface area (Å²) >= 11 is 0. The van der Waals surface area contributed by atoms with Gasteiger partial charge in [-0.3, -0.25) is 0 Å². The van der Waals surface area contributed by atoms with E-state index >= 15 is 0 Å². The highest BCUT2D eigenvalue weighted by Gasteiger charge is 2.19. The molecule has 0 amide bonds. The van der Waals surface area contributed by atoms with E-state index in [1.54, 1.807) is 0 Å². The Balaban J connectivity index is 2.09. The first kappa shape index (κ1) is 8.73. The molecule has 2 nitrogen and oxygen atoms in total. The molecule has 1 atom stereocenters. The van der Waals surface area contributed by atoms with Crippen LogP contribution in [0.25, 0.3) is 0 Å². The van der Waals surface area contributed by atoms with Crippen LogP contribution in [0, 0.1) is 0 Å². The molecule has 3 N–H and O–H groups in total. The molecule has 0 radical (unpaired) electrons. The summed E-state index contributed by atoms with van der Waals surface area (Å²) in [6, 6.07) is 9.17. The van der Waals surface area contributed by atoms with Crippen molar-refractivity contribution in [2.75, 3.05) is 6.54 Å². The number of nitrogens with one attached hydrogen (secondary N) is 1. The Morgan fingerprint density at radius 2 is 2.23 bits per heavy atom. The molecule has 1 heterocycles. The first-order chi connectivity index (χ1) is 6.42. The van der Waals surface area contributed by atoms with Crippen molar-refractivity contribution >= 4 is 0 Å². The average Bonchev–Trinajstić information content (AvgIpc) is 2.58. The Morgan fingerprint density at radius 3 is 3.08 bits per heavy atom. The zero-order valence-corrected chi connectivity index (χ0v) is 7.79. The van der Waals surface area contributed by atoms with Gasteiger partial charge in [-0.05, 0) is 30.5 Å². The summed E-state index contributed by atoms with van der Waals surface area (Å²) in [5.74, 6) is 0. The highest BCUT2D eigenvalue weighted by atomic mass is 14.9. The molecule has 2 rings (SSSR count). The van der Waals surface area contributed by atoms with Crippen molar-refractivity contribution in [3.63, 3.8) is 0 Å². The van der Waals surface area contributed by atoms with Crippen LogP contribution in [0.1, 0.15) is 30.0 Å². The SMILES string of the molecule is NCCCC1NCc2ccccc21. The first-order valence-electron chi connectivity index (χ1n) is 4.93. The largest absolute Gasteiger partial charge is 0.330 e. The van der Waals surface area contributed by atoms with Gasteiger partial charge in [0.05, 0.1) is 0 Å². The minimum absolute atomic E-state index is 0.541. The third kappa shape index (κ3) is 1.74. The van der Waals surface area contributed by atoms with E-state index < -0.39 is 0 Å². The molecule has 1 aromatic rings. The molecule has 0 aromatic heterocycles. The van der Waals surface area contributed by atoms with Crippen molar-refractivity contribution in [2.45, 2.75) is 25.4 Å². The van der Waals surface area contributed by atoms with Crippen LogP contribution >= 0.6 is 0 Å². The summed E-state index contributed by atoms with van der Waals surface area (Å²) in [5.41, 5.74) is 8.42. The maximum Gasteiger partial charge on any atom is 0.0326 e. The van der Waals surface area contributed by atoms with E-state index in [1.165, 1.54) is 11.1 Å². The monoisotopic (exact) mass is 176 g/mol. The summed E-state index contributed by atoms with van der Waals surface area (Å²) in [6.45, 7) is 1.81. The Kier molecular flexibility index (Phi) is 2.62. The summed E-state index contributed by atoms with van der Waals surface area (Å²) in [4.78, 5) is 0. The molecule has 1 aliphatic rings. The minimum Gasteiger partial charge on any atom is -0.330 e. The predicted molar refractivity (Wildman–Crippen MR) is 54.3 cm³/mol. The molecule has 70 valence electrons. The summed E-state index contributed by atoms with van der Waals surface area (Å²) < 4.78 is 0. The van der Waals surface area contributed by atoms with Gasteiger partial charge in [0.1, 0.15) is 0 Å². The lowest BCUT2D eigenvalue weighted by molar-refractivity contribution is 0.526. The molecular formula is C11H16N2. The third-order valence-corrected chi connectivity index (χ3v) is 2.67. The Labute approximate surface area is 79.1 Å². The molecule has 1 unspecified atom stereocenters. The van der Waals surface area contributed by atoms with Crippen molar-refractivity contribution in [3.05, 3.63) is 35.4 Å². The molecule has 1 aliphatic heterocycles. The molecule has 0 bridgehead atoms. The smallest absolute Gasteiger partial charge is 0.0326 e. The van der Waals surface area contributed by atoms with E-state index in [2.05, 4.69) is 29.6 Å². The van der Waals surface area contributed by atoms with Crippen LogP contribution < -0.4 is 11.1 Å². The van der Waals surface area contributed by atoms with Gasteiger partial charge in [-0.2, -0.15) is 0 Å². The van der Waals surface area contributed by atoms with Crippen LogP contribution in [0.2, 0.25) is 0 Å². The first-order valence-corrected chi connectivity index (χ1v) is 4.93. The van der Waals surface area contributed by atoms with Crippen LogP contribution in [-0.4, -0.2) is 6.54 Å². The number of hydrogen-bond donors (Lipinski definition) is 2. The van der Waals surface area contributed by atoms with Gasteiger partial charge in [0.15, 0.2) is 0 Å². The van der Waals surface area contributed by atoms with Crippen LogP contribution in [0.15, 0.2) is 24.3 Å². The van der Waals surface area contributed by atoms with E-state index in [0.717, 1.165) is 25.9 Å². The number of nitrogens with two attached hydrogens (primary N) is 1. The zero-order valence-electron chi connectivity index (χ0n) is 7.79. The average molecular weight is 176 g/mol. The normalized spacial score (nSPS) is 20.2. The van der Waals surface area contributed by atoms with Crippen molar-refractivity contribution in [3.8, 4) is 0 Å². The topological polar surface area (TPSA) is 38.0 Å². The standard InChI is InChI=1S/C11H16N2/c12-7-3-6-11-10-5-2-1-4-9(10)8-13-11/h1-2,4-5,11,13H,3,6-8,12H2. The van der Waals surface area contributed by atoms with Gasteiger partial charge in [0, 0.05) is 12.6 Å². The van der Waals surface area contributed by atoms with Crippen LogP contribution in [0.5, 0.6) is 0 Å². The van der Waals surface area contributed by atoms with Gasteiger partial charge in [0.25, 0.3) is 0 Å². The third-order valence-electron chi connectivity index (χ3n) is 2.67. The second-order valence-electron chi connectivity index (χ2n) is 3.56. The minimum atomic E-state index is 0.541. The maximum atomic E-state index is 5.50.